The van der Waals surface area contributed by atoms with Crippen molar-refractivity contribution in [2.45, 2.75) is 19.0 Å². The summed E-state index contributed by atoms with van der Waals surface area (Å²) < 4.78 is 0. The van der Waals surface area contributed by atoms with Crippen molar-refractivity contribution >= 4 is 34.3 Å². The molecule has 4 aromatic rings. The summed E-state index contributed by atoms with van der Waals surface area (Å²) in [7, 11) is 0. The highest BCUT2D eigenvalue weighted by Gasteiger charge is 2.34. The Morgan fingerprint density at radius 3 is 2.62 bits per heavy atom. The lowest BCUT2D eigenvalue weighted by atomic mass is 10.1. The van der Waals surface area contributed by atoms with Crippen LogP contribution in [-0.2, 0) is 11.3 Å². The van der Waals surface area contributed by atoms with Gasteiger partial charge in [-0.05, 0) is 28.1 Å². The number of tetrazole rings is 1. The normalized spacial score (nSPS) is 16.2. The van der Waals surface area contributed by atoms with Crippen LogP contribution in [0.3, 0.4) is 0 Å². The zero-order valence-corrected chi connectivity index (χ0v) is 16.9. The Hall–Kier alpha value is -3.17. The van der Waals surface area contributed by atoms with Gasteiger partial charge in [-0.1, -0.05) is 42.5 Å². The first-order valence-electron chi connectivity index (χ1n) is 9.08. The number of amides is 1. The molecule has 0 saturated carbocycles. The van der Waals surface area contributed by atoms with Crippen LogP contribution in [0.15, 0.2) is 70.5 Å². The van der Waals surface area contributed by atoms with E-state index in [4.69, 9.17) is 0 Å². The number of carbonyl (C=O) groups excluding carboxylic acids is 1. The van der Waals surface area contributed by atoms with Crippen molar-refractivity contribution in [3.8, 4) is 11.4 Å². The van der Waals surface area contributed by atoms with E-state index in [1.54, 1.807) is 27.7 Å². The lowest BCUT2D eigenvalue weighted by Gasteiger charge is -2.20. The fraction of sp³-hybridized carbons (Fsp3) is 0.150. The highest BCUT2D eigenvalue weighted by atomic mass is 32.1. The maximum atomic E-state index is 13.1. The Kier molecular flexibility index (Phi) is 4.74. The number of hydrogen-bond donors (Lipinski definition) is 0. The van der Waals surface area contributed by atoms with Crippen molar-refractivity contribution in [1.82, 2.24) is 25.2 Å². The third-order valence-corrected chi connectivity index (χ3v) is 6.50. The monoisotopic (exact) mass is 420 g/mol. The van der Waals surface area contributed by atoms with Crippen molar-refractivity contribution < 1.29 is 4.79 Å². The third kappa shape index (κ3) is 3.62. The van der Waals surface area contributed by atoms with E-state index in [2.05, 4.69) is 20.5 Å². The lowest BCUT2D eigenvalue weighted by molar-refractivity contribution is -0.134. The molecule has 7 nitrogen and oxygen atoms in total. The van der Waals surface area contributed by atoms with Gasteiger partial charge in [0.1, 0.15) is 6.54 Å². The Morgan fingerprint density at radius 1 is 1.03 bits per heavy atom. The van der Waals surface area contributed by atoms with Crippen LogP contribution in [0, 0.1) is 0 Å². The van der Waals surface area contributed by atoms with Crippen molar-refractivity contribution in [2.75, 3.05) is 0 Å². The molecule has 0 N–H and O–H groups in total. The smallest absolute Gasteiger partial charge is 0.266 e. The largest absolute Gasteiger partial charge is 0.271 e. The predicted molar refractivity (Wildman–Crippen MR) is 113 cm³/mol. The minimum Gasteiger partial charge on any atom is -0.271 e. The Bertz CT molecular complexity index is 1140. The average Bonchev–Trinajstić information content (AvgIpc) is 3.55. The van der Waals surface area contributed by atoms with Crippen LogP contribution in [0.2, 0.25) is 0 Å². The fourth-order valence-electron chi connectivity index (χ4n) is 3.24. The maximum absolute atomic E-state index is 13.1. The van der Waals surface area contributed by atoms with E-state index in [9.17, 15) is 4.79 Å². The molecule has 0 fully saturated rings. The average molecular weight is 421 g/mol. The highest BCUT2D eigenvalue weighted by Crippen LogP contribution is 2.36. The summed E-state index contributed by atoms with van der Waals surface area (Å²) in [6.07, 6.45) is 0.701. The van der Waals surface area contributed by atoms with Crippen LogP contribution in [0.5, 0.6) is 0 Å². The van der Waals surface area contributed by atoms with Gasteiger partial charge in [-0.3, -0.25) is 4.79 Å². The maximum Gasteiger partial charge on any atom is 0.266 e. The number of aromatic nitrogens is 4. The molecule has 0 unspecified atom stereocenters. The molecule has 0 radical (unpaired) electrons. The minimum atomic E-state index is -0.160. The molecule has 1 aromatic carbocycles. The first-order chi connectivity index (χ1) is 14.3. The van der Waals surface area contributed by atoms with Gasteiger partial charge >= 0.3 is 0 Å². The molecule has 3 aromatic heterocycles. The second kappa shape index (κ2) is 7.69. The summed E-state index contributed by atoms with van der Waals surface area (Å²) in [5, 5.41) is 22.7. The van der Waals surface area contributed by atoms with Crippen LogP contribution in [0.4, 0.5) is 0 Å². The third-order valence-electron chi connectivity index (χ3n) is 4.60. The van der Waals surface area contributed by atoms with E-state index < -0.39 is 0 Å². The first-order valence-corrected chi connectivity index (χ1v) is 10.8. The molecule has 0 saturated heterocycles. The molecule has 1 aliphatic heterocycles. The summed E-state index contributed by atoms with van der Waals surface area (Å²) in [6, 6.07) is 17.6. The minimum absolute atomic E-state index is 0.0110. The lowest BCUT2D eigenvalue weighted by Crippen LogP contribution is -2.30. The van der Waals surface area contributed by atoms with E-state index in [-0.39, 0.29) is 18.5 Å². The summed E-state index contributed by atoms with van der Waals surface area (Å²) in [6.45, 7) is -0.0110. The van der Waals surface area contributed by atoms with Crippen LogP contribution in [-0.4, -0.2) is 36.8 Å². The first kappa shape index (κ1) is 17.9. The van der Waals surface area contributed by atoms with Gasteiger partial charge in [0.15, 0.2) is 0 Å². The van der Waals surface area contributed by atoms with E-state index in [0.717, 1.165) is 21.0 Å². The summed E-state index contributed by atoms with van der Waals surface area (Å²) in [5.74, 6) is 0.337. The molecule has 0 bridgehead atoms. The molecule has 5 rings (SSSR count). The SMILES string of the molecule is O=C(Cn1nnc(-c2ccccc2)n1)N1N=C(c2cccs2)C[C@@H]1c1cccs1. The molecule has 0 aliphatic carbocycles. The topological polar surface area (TPSA) is 76.3 Å². The molecular weight excluding hydrogens is 404 g/mol. The summed E-state index contributed by atoms with van der Waals surface area (Å²) in [4.78, 5) is 16.6. The Balaban J connectivity index is 1.39. The van der Waals surface area contributed by atoms with Crippen molar-refractivity contribution in [1.29, 1.82) is 0 Å². The number of benzene rings is 1. The molecule has 4 heterocycles. The standard InChI is InChI=1S/C20H16N6OS2/c27-19(13-25-23-20(21-24-25)14-6-2-1-3-7-14)26-16(18-9-5-11-29-18)12-15(22-26)17-8-4-10-28-17/h1-11,16H,12-13H2/t16-/m1/s1. The van der Waals surface area contributed by atoms with E-state index >= 15 is 0 Å². The van der Waals surface area contributed by atoms with Crippen LogP contribution in [0.25, 0.3) is 11.4 Å². The fourth-order valence-corrected chi connectivity index (χ4v) is 4.77. The molecular formula is C20H16N6OS2. The molecule has 0 spiro atoms. The molecule has 144 valence electrons. The van der Waals surface area contributed by atoms with Gasteiger partial charge in [0.25, 0.3) is 5.91 Å². The number of rotatable bonds is 5. The van der Waals surface area contributed by atoms with Gasteiger partial charge in [0.05, 0.1) is 16.6 Å². The second-order valence-corrected chi connectivity index (χ2v) is 8.43. The Morgan fingerprint density at radius 2 is 1.86 bits per heavy atom. The quantitative estimate of drug-likeness (QED) is 0.492. The number of thiophene rings is 2. The predicted octanol–water partition coefficient (Wildman–Crippen LogP) is 3.84. The van der Waals surface area contributed by atoms with E-state index in [1.807, 2.05) is 65.4 Å². The summed E-state index contributed by atoms with van der Waals surface area (Å²) in [5.41, 5.74) is 1.80. The van der Waals surface area contributed by atoms with Gasteiger partial charge in [-0.2, -0.15) is 9.90 Å². The van der Waals surface area contributed by atoms with Crippen molar-refractivity contribution in [3.63, 3.8) is 0 Å². The molecule has 1 amide bonds. The molecule has 1 aliphatic rings. The van der Waals surface area contributed by atoms with Crippen LogP contribution >= 0.6 is 22.7 Å². The second-order valence-electron chi connectivity index (χ2n) is 6.51. The van der Waals surface area contributed by atoms with Gasteiger partial charge in [-0.25, -0.2) is 5.01 Å². The molecule has 1 atom stereocenters. The zero-order chi connectivity index (χ0) is 19.6. The van der Waals surface area contributed by atoms with Gasteiger partial charge < -0.3 is 0 Å². The molecule has 9 heteroatoms. The number of hydrogen-bond acceptors (Lipinski definition) is 7. The highest BCUT2D eigenvalue weighted by molar-refractivity contribution is 7.12. The summed E-state index contributed by atoms with van der Waals surface area (Å²) >= 11 is 3.27. The zero-order valence-electron chi connectivity index (χ0n) is 15.3. The van der Waals surface area contributed by atoms with Crippen molar-refractivity contribution in [2.24, 2.45) is 5.10 Å². The van der Waals surface area contributed by atoms with E-state index in [0.29, 0.717) is 12.2 Å². The number of hydrazone groups is 1. The molecule has 29 heavy (non-hydrogen) atoms. The van der Waals surface area contributed by atoms with E-state index in [1.165, 1.54) is 4.80 Å². The van der Waals surface area contributed by atoms with Gasteiger partial charge in [0, 0.05) is 16.9 Å². The van der Waals surface area contributed by atoms with Gasteiger partial charge in [0.2, 0.25) is 5.82 Å². The van der Waals surface area contributed by atoms with Crippen molar-refractivity contribution in [3.05, 3.63) is 75.1 Å². The Labute approximate surface area is 174 Å². The number of carbonyl (C=O) groups is 1. The van der Waals surface area contributed by atoms with Crippen LogP contribution < -0.4 is 0 Å². The van der Waals surface area contributed by atoms with Crippen LogP contribution in [0.1, 0.15) is 22.2 Å². The van der Waals surface area contributed by atoms with Gasteiger partial charge in [-0.15, -0.1) is 32.9 Å². The number of nitrogens with zero attached hydrogens (tertiary/aromatic N) is 6.